The number of nitrogens with zero attached hydrogens (tertiary/aromatic N) is 1. The minimum atomic E-state index is 0.0729. The molecule has 0 aliphatic carbocycles. The Labute approximate surface area is 114 Å². The van der Waals surface area contributed by atoms with Crippen LogP contribution in [-0.4, -0.2) is 35.6 Å². The zero-order valence-electron chi connectivity index (χ0n) is 11.4. The van der Waals surface area contributed by atoms with Crippen LogP contribution in [0.4, 0.5) is 0 Å². The lowest BCUT2D eigenvalue weighted by Gasteiger charge is -2.13. The molecule has 3 heteroatoms. The first kappa shape index (κ1) is 13.8. The molecule has 1 amide bonds. The van der Waals surface area contributed by atoms with Crippen LogP contribution >= 0.6 is 0 Å². The molecular weight excluding hydrogens is 238 g/mol. The highest BCUT2D eigenvalue weighted by Gasteiger charge is 2.24. The van der Waals surface area contributed by atoms with Gasteiger partial charge in [0.2, 0.25) is 5.91 Å². The van der Waals surface area contributed by atoms with E-state index in [1.807, 2.05) is 42.2 Å². The van der Waals surface area contributed by atoms with Gasteiger partial charge in [-0.15, -0.1) is 0 Å². The maximum absolute atomic E-state index is 12.1. The van der Waals surface area contributed by atoms with Crippen LogP contribution in [0.5, 0.6) is 0 Å². The van der Waals surface area contributed by atoms with Gasteiger partial charge in [0, 0.05) is 25.8 Å². The molecule has 1 aromatic rings. The van der Waals surface area contributed by atoms with Crippen LogP contribution < -0.4 is 0 Å². The summed E-state index contributed by atoms with van der Waals surface area (Å²) in [7, 11) is 0. The summed E-state index contributed by atoms with van der Waals surface area (Å²) in [6.45, 7) is 3.84. The smallest absolute Gasteiger partial charge is 0.246 e. The molecule has 1 fully saturated rings. The number of likely N-dealkylation sites (tertiary alicyclic amines) is 1. The van der Waals surface area contributed by atoms with Gasteiger partial charge in [-0.25, -0.2) is 0 Å². The molecule has 102 valence electrons. The van der Waals surface area contributed by atoms with Crippen LogP contribution in [0, 0.1) is 12.8 Å². The molecule has 19 heavy (non-hydrogen) atoms. The van der Waals surface area contributed by atoms with Crippen LogP contribution in [0.25, 0.3) is 6.08 Å². The van der Waals surface area contributed by atoms with Crippen molar-refractivity contribution in [2.75, 3.05) is 19.7 Å². The van der Waals surface area contributed by atoms with Crippen molar-refractivity contribution in [3.63, 3.8) is 0 Å². The first-order valence-electron chi connectivity index (χ1n) is 6.84. The molecule has 1 N–H and O–H groups in total. The molecule has 0 radical (unpaired) electrons. The molecule has 3 nitrogen and oxygen atoms in total. The number of benzene rings is 1. The van der Waals surface area contributed by atoms with Gasteiger partial charge in [-0.3, -0.25) is 4.79 Å². The first-order valence-corrected chi connectivity index (χ1v) is 6.84. The largest absolute Gasteiger partial charge is 0.396 e. The SMILES string of the molecule is Cc1ccccc1/C=C/C(=O)N1CCC(CCO)C1. The number of aryl methyl sites for hydroxylation is 1. The van der Waals surface area contributed by atoms with E-state index in [1.165, 1.54) is 5.56 Å². The lowest BCUT2D eigenvalue weighted by molar-refractivity contribution is -0.125. The molecule has 0 bridgehead atoms. The number of amides is 1. The van der Waals surface area contributed by atoms with Gasteiger partial charge in [-0.1, -0.05) is 24.3 Å². The number of aliphatic hydroxyl groups excluding tert-OH is 1. The third-order valence-electron chi connectivity index (χ3n) is 3.73. The second kappa shape index (κ2) is 6.53. The van der Waals surface area contributed by atoms with Gasteiger partial charge in [-0.05, 0) is 42.9 Å². The number of carbonyl (C=O) groups excluding carboxylic acids is 1. The maximum atomic E-state index is 12.1. The number of hydrogen-bond donors (Lipinski definition) is 1. The molecule has 0 spiro atoms. The Balaban J connectivity index is 1.93. The maximum Gasteiger partial charge on any atom is 0.246 e. The Kier molecular flexibility index (Phi) is 4.74. The van der Waals surface area contributed by atoms with Crippen molar-refractivity contribution in [3.8, 4) is 0 Å². The Morgan fingerprint density at radius 2 is 2.26 bits per heavy atom. The monoisotopic (exact) mass is 259 g/mol. The molecule has 1 aliphatic rings. The number of aliphatic hydroxyl groups is 1. The van der Waals surface area contributed by atoms with E-state index >= 15 is 0 Å². The molecule has 1 aromatic carbocycles. The first-order chi connectivity index (χ1) is 9.20. The van der Waals surface area contributed by atoms with Crippen LogP contribution in [-0.2, 0) is 4.79 Å². The lowest BCUT2D eigenvalue weighted by atomic mass is 10.1. The van der Waals surface area contributed by atoms with Gasteiger partial charge in [0.05, 0.1) is 0 Å². The van der Waals surface area contributed by atoms with Gasteiger partial charge in [-0.2, -0.15) is 0 Å². The third-order valence-corrected chi connectivity index (χ3v) is 3.73. The fourth-order valence-corrected chi connectivity index (χ4v) is 2.49. The quantitative estimate of drug-likeness (QED) is 0.842. The molecule has 1 heterocycles. The van der Waals surface area contributed by atoms with Gasteiger partial charge in [0.1, 0.15) is 0 Å². The highest BCUT2D eigenvalue weighted by molar-refractivity contribution is 5.92. The summed E-state index contributed by atoms with van der Waals surface area (Å²) in [6.07, 6.45) is 5.34. The molecule has 1 saturated heterocycles. The van der Waals surface area contributed by atoms with Crippen molar-refractivity contribution in [2.24, 2.45) is 5.92 Å². The van der Waals surface area contributed by atoms with Gasteiger partial charge in [0.15, 0.2) is 0 Å². The van der Waals surface area contributed by atoms with E-state index in [9.17, 15) is 4.79 Å². The van der Waals surface area contributed by atoms with Crippen LogP contribution in [0.3, 0.4) is 0 Å². The number of hydrogen-bond acceptors (Lipinski definition) is 2. The minimum Gasteiger partial charge on any atom is -0.396 e. The van der Waals surface area contributed by atoms with Crippen molar-refractivity contribution in [2.45, 2.75) is 19.8 Å². The molecule has 1 aliphatic heterocycles. The van der Waals surface area contributed by atoms with Crippen molar-refractivity contribution >= 4 is 12.0 Å². The Bertz CT molecular complexity index is 468. The molecule has 0 saturated carbocycles. The number of carbonyl (C=O) groups is 1. The Hall–Kier alpha value is -1.61. The predicted octanol–water partition coefficient (Wildman–Crippen LogP) is 2.24. The van der Waals surface area contributed by atoms with E-state index in [-0.39, 0.29) is 12.5 Å². The van der Waals surface area contributed by atoms with Crippen LogP contribution in [0.2, 0.25) is 0 Å². The van der Waals surface area contributed by atoms with Crippen molar-refractivity contribution in [3.05, 3.63) is 41.5 Å². The lowest BCUT2D eigenvalue weighted by Crippen LogP contribution is -2.26. The summed E-state index contributed by atoms with van der Waals surface area (Å²) in [5, 5.41) is 8.92. The van der Waals surface area contributed by atoms with Crippen molar-refractivity contribution in [1.82, 2.24) is 4.90 Å². The fourth-order valence-electron chi connectivity index (χ4n) is 2.49. The Morgan fingerprint density at radius 3 is 3.00 bits per heavy atom. The molecule has 1 atom stereocenters. The third kappa shape index (κ3) is 3.67. The summed E-state index contributed by atoms with van der Waals surface area (Å²) < 4.78 is 0. The summed E-state index contributed by atoms with van der Waals surface area (Å²) in [4.78, 5) is 13.9. The van der Waals surface area contributed by atoms with E-state index in [0.717, 1.165) is 31.5 Å². The predicted molar refractivity (Wildman–Crippen MR) is 76.6 cm³/mol. The van der Waals surface area contributed by atoms with Gasteiger partial charge in [0.25, 0.3) is 0 Å². The Morgan fingerprint density at radius 1 is 1.47 bits per heavy atom. The summed E-state index contributed by atoms with van der Waals surface area (Å²) in [5.41, 5.74) is 2.26. The minimum absolute atomic E-state index is 0.0729. The van der Waals surface area contributed by atoms with Crippen molar-refractivity contribution in [1.29, 1.82) is 0 Å². The van der Waals surface area contributed by atoms with Crippen LogP contribution in [0.1, 0.15) is 24.0 Å². The second-order valence-corrected chi connectivity index (χ2v) is 5.14. The highest BCUT2D eigenvalue weighted by atomic mass is 16.3. The molecule has 1 unspecified atom stereocenters. The normalized spacial score (nSPS) is 19.3. The van der Waals surface area contributed by atoms with E-state index < -0.39 is 0 Å². The highest BCUT2D eigenvalue weighted by Crippen LogP contribution is 2.19. The van der Waals surface area contributed by atoms with E-state index in [0.29, 0.717) is 5.92 Å². The zero-order chi connectivity index (χ0) is 13.7. The average molecular weight is 259 g/mol. The summed E-state index contributed by atoms with van der Waals surface area (Å²) >= 11 is 0. The van der Waals surface area contributed by atoms with E-state index in [1.54, 1.807) is 6.08 Å². The summed E-state index contributed by atoms with van der Waals surface area (Å²) in [6, 6.07) is 8.02. The topological polar surface area (TPSA) is 40.5 Å². The molecule has 2 rings (SSSR count). The standard InChI is InChI=1S/C16H21NO2/c1-13-4-2-3-5-15(13)6-7-16(19)17-10-8-14(12-17)9-11-18/h2-7,14,18H,8-12H2,1H3/b7-6+. The number of rotatable bonds is 4. The molecule has 0 aromatic heterocycles. The van der Waals surface area contributed by atoms with Crippen molar-refractivity contribution < 1.29 is 9.90 Å². The van der Waals surface area contributed by atoms with E-state index in [4.69, 9.17) is 5.11 Å². The second-order valence-electron chi connectivity index (χ2n) is 5.14. The van der Waals surface area contributed by atoms with Gasteiger partial charge >= 0.3 is 0 Å². The van der Waals surface area contributed by atoms with Gasteiger partial charge < -0.3 is 10.0 Å². The zero-order valence-corrected chi connectivity index (χ0v) is 11.4. The molecular formula is C16H21NO2. The fraction of sp³-hybridized carbons (Fsp3) is 0.438. The average Bonchev–Trinajstić information content (AvgIpc) is 2.87. The van der Waals surface area contributed by atoms with Crippen LogP contribution in [0.15, 0.2) is 30.3 Å². The van der Waals surface area contributed by atoms with E-state index in [2.05, 4.69) is 0 Å². The summed E-state index contributed by atoms with van der Waals surface area (Å²) in [5.74, 6) is 0.532.